The van der Waals surface area contributed by atoms with Crippen molar-refractivity contribution in [3.63, 3.8) is 0 Å². The molecule has 3 N–H and O–H groups in total. The molecule has 0 bridgehead atoms. The van der Waals surface area contributed by atoms with Crippen LogP contribution in [0, 0.1) is 0 Å². The van der Waals surface area contributed by atoms with Crippen LogP contribution in [0.1, 0.15) is 44.7 Å². The van der Waals surface area contributed by atoms with Gasteiger partial charge in [0.1, 0.15) is 0 Å². The molecule has 0 aliphatic carbocycles. The van der Waals surface area contributed by atoms with Crippen LogP contribution in [0.2, 0.25) is 0 Å². The lowest BCUT2D eigenvalue weighted by Gasteiger charge is -2.26. The average molecular weight is 248 g/mol. The number of hydrogen-bond donors (Lipinski definition) is 2. The van der Waals surface area contributed by atoms with Crippen molar-refractivity contribution in [2.75, 3.05) is 13.1 Å². The van der Waals surface area contributed by atoms with Crippen molar-refractivity contribution in [1.29, 1.82) is 0 Å². The maximum absolute atomic E-state index is 11.2. The maximum atomic E-state index is 11.2. The number of benzene rings is 1. The van der Waals surface area contributed by atoms with Crippen LogP contribution in [-0.4, -0.2) is 19.0 Å². The molecule has 3 heteroatoms. The molecule has 18 heavy (non-hydrogen) atoms. The van der Waals surface area contributed by atoms with E-state index in [0.29, 0.717) is 12.5 Å². The Labute approximate surface area is 110 Å². The molecule has 0 aliphatic heterocycles. The Morgan fingerprint density at radius 2 is 1.83 bits per heavy atom. The van der Waals surface area contributed by atoms with Gasteiger partial charge in [-0.2, -0.15) is 0 Å². The zero-order valence-electron chi connectivity index (χ0n) is 11.8. The number of nitrogens with two attached hydrogens (primary N) is 1. The van der Waals surface area contributed by atoms with Crippen LogP contribution in [0.25, 0.3) is 0 Å². The second kappa shape index (κ2) is 6.01. The second-order valence-corrected chi connectivity index (χ2v) is 5.64. The Bertz CT molecular complexity index is 393. The van der Waals surface area contributed by atoms with Crippen LogP contribution in [-0.2, 0) is 10.2 Å². The standard InChI is InChI=1S/C15H24N2O/c1-11(2)12-5-7-13(8-6-12)15(3,4)10-17-14(18)9-16/h5-8,11H,9-10,16H2,1-4H3,(H,17,18). The van der Waals surface area contributed by atoms with E-state index in [4.69, 9.17) is 5.73 Å². The van der Waals surface area contributed by atoms with Gasteiger partial charge in [-0.15, -0.1) is 0 Å². The molecule has 100 valence electrons. The molecule has 1 rings (SSSR count). The fourth-order valence-electron chi connectivity index (χ4n) is 1.81. The number of hydrogen-bond acceptors (Lipinski definition) is 2. The second-order valence-electron chi connectivity index (χ2n) is 5.64. The third-order valence-electron chi connectivity index (χ3n) is 3.27. The first-order valence-electron chi connectivity index (χ1n) is 6.44. The van der Waals surface area contributed by atoms with E-state index in [-0.39, 0.29) is 17.9 Å². The molecule has 3 nitrogen and oxygen atoms in total. The third-order valence-corrected chi connectivity index (χ3v) is 3.27. The summed E-state index contributed by atoms with van der Waals surface area (Å²) in [6.07, 6.45) is 0. The molecular weight excluding hydrogens is 224 g/mol. The minimum atomic E-state index is -0.109. The first-order chi connectivity index (χ1) is 8.36. The van der Waals surface area contributed by atoms with Crippen molar-refractivity contribution >= 4 is 5.91 Å². The molecule has 0 saturated heterocycles. The molecule has 1 amide bonds. The molecule has 0 radical (unpaired) electrons. The molecule has 1 aromatic carbocycles. The maximum Gasteiger partial charge on any atom is 0.233 e. The third kappa shape index (κ3) is 3.84. The van der Waals surface area contributed by atoms with Gasteiger partial charge in [-0.3, -0.25) is 4.79 Å². The smallest absolute Gasteiger partial charge is 0.233 e. The van der Waals surface area contributed by atoms with E-state index in [1.54, 1.807) is 0 Å². The SMILES string of the molecule is CC(C)c1ccc(C(C)(C)CNC(=O)CN)cc1. The van der Waals surface area contributed by atoms with Gasteiger partial charge in [-0.1, -0.05) is 52.0 Å². The molecule has 1 aromatic rings. The van der Waals surface area contributed by atoms with Crippen molar-refractivity contribution < 1.29 is 4.79 Å². The largest absolute Gasteiger partial charge is 0.354 e. The van der Waals surface area contributed by atoms with Crippen molar-refractivity contribution in [2.45, 2.75) is 39.0 Å². The number of carbonyl (C=O) groups is 1. The zero-order chi connectivity index (χ0) is 13.8. The summed E-state index contributed by atoms with van der Waals surface area (Å²) in [7, 11) is 0. The molecule has 0 aliphatic rings. The van der Waals surface area contributed by atoms with Gasteiger partial charge in [0.15, 0.2) is 0 Å². The number of amides is 1. The van der Waals surface area contributed by atoms with Gasteiger partial charge in [0, 0.05) is 12.0 Å². The Morgan fingerprint density at radius 3 is 2.28 bits per heavy atom. The summed E-state index contributed by atoms with van der Waals surface area (Å²) in [5, 5.41) is 2.84. The number of nitrogens with one attached hydrogen (secondary N) is 1. The average Bonchev–Trinajstić information content (AvgIpc) is 2.36. The van der Waals surface area contributed by atoms with Crippen LogP contribution in [0.15, 0.2) is 24.3 Å². The van der Waals surface area contributed by atoms with E-state index < -0.39 is 0 Å². The lowest BCUT2D eigenvalue weighted by atomic mass is 9.83. The van der Waals surface area contributed by atoms with Gasteiger partial charge in [0.2, 0.25) is 5.91 Å². The minimum absolute atomic E-state index is 0.0440. The van der Waals surface area contributed by atoms with Crippen LogP contribution < -0.4 is 11.1 Å². The fraction of sp³-hybridized carbons (Fsp3) is 0.533. The lowest BCUT2D eigenvalue weighted by Crippen LogP contribution is -2.39. The summed E-state index contributed by atoms with van der Waals surface area (Å²) in [6, 6.07) is 8.60. The van der Waals surface area contributed by atoms with E-state index >= 15 is 0 Å². The summed E-state index contributed by atoms with van der Waals surface area (Å²) in [6.45, 7) is 9.25. The molecule has 0 aromatic heterocycles. The van der Waals surface area contributed by atoms with E-state index in [9.17, 15) is 4.79 Å². The molecule has 0 unspecified atom stereocenters. The van der Waals surface area contributed by atoms with E-state index in [0.717, 1.165) is 0 Å². The Kier molecular flexibility index (Phi) is 4.91. The topological polar surface area (TPSA) is 55.1 Å². The normalized spacial score (nSPS) is 11.7. The van der Waals surface area contributed by atoms with E-state index in [2.05, 4.69) is 57.3 Å². The Hall–Kier alpha value is -1.35. The van der Waals surface area contributed by atoms with Crippen LogP contribution in [0.3, 0.4) is 0 Å². The van der Waals surface area contributed by atoms with Crippen molar-refractivity contribution in [3.05, 3.63) is 35.4 Å². The molecule has 0 spiro atoms. The van der Waals surface area contributed by atoms with Crippen molar-refractivity contribution in [3.8, 4) is 0 Å². The highest BCUT2D eigenvalue weighted by Gasteiger charge is 2.21. The highest BCUT2D eigenvalue weighted by molar-refractivity contribution is 5.77. The van der Waals surface area contributed by atoms with E-state index in [1.165, 1.54) is 11.1 Å². The monoisotopic (exact) mass is 248 g/mol. The predicted molar refractivity (Wildman–Crippen MR) is 75.6 cm³/mol. The van der Waals surface area contributed by atoms with Crippen molar-refractivity contribution in [2.24, 2.45) is 5.73 Å². The van der Waals surface area contributed by atoms with Gasteiger partial charge in [-0.25, -0.2) is 0 Å². The van der Waals surface area contributed by atoms with E-state index in [1.807, 2.05) is 0 Å². The van der Waals surface area contributed by atoms with Gasteiger partial charge in [0.05, 0.1) is 6.54 Å². The first-order valence-corrected chi connectivity index (χ1v) is 6.44. The zero-order valence-corrected chi connectivity index (χ0v) is 11.8. The Morgan fingerprint density at radius 1 is 1.28 bits per heavy atom. The van der Waals surface area contributed by atoms with Crippen LogP contribution in [0.4, 0.5) is 0 Å². The first kappa shape index (κ1) is 14.7. The summed E-state index contributed by atoms with van der Waals surface area (Å²) in [5.74, 6) is 0.431. The number of carbonyl (C=O) groups excluding carboxylic acids is 1. The van der Waals surface area contributed by atoms with Gasteiger partial charge in [-0.05, 0) is 17.0 Å². The summed E-state index contributed by atoms with van der Waals surface area (Å²) in [4.78, 5) is 11.2. The quantitative estimate of drug-likeness (QED) is 0.839. The van der Waals surface area contributed by atoms with Gasteiger partial charge >= 0.3 is 0 Å². The molecule has 0 fully saturated rings. The molecular formula is C15H24N2O. The summed E-state index contributed by atoms with van der Waals surface area (Å²) >= 11 is 0. The summed E-state index contributed by atoms with van der Waals surface area (Å²) < 4.78 is 0. The molecule has 0 saturated carbocycles. The van der Waals surface area contributed by atoms with Crippen molar-refractivity contribution in [1.82, 2.24) is 5.32 Å². The van der Waals surface area contributed by atoms with Gasteiger partial charge < -0.3 is 11.1 Å². The predicted octanol–water partition coefficient (Wildman–Crippen LogP) is 2.16. The minimum Gasteiger partial charge on any atom is -0.354 e. The van der Waals surface area contributed by atoms with Crippen LogP contribution >= 0.6 is 0 Å². The number of rotatable bonds is 5. The Balaban J connectivity index is 2.75. The summed E-state index contributed by atoms with van der Waals surface area (Å²) in [5.41, 5.74) is 7.76. The highest BCUT2D eigenvalue weighted by Crippen LogP contribution is 2.24. The van der Waals surface area contributed by atoms with Crippen LogP contribution in [0.5, 0.6) is 0 Å². The lowest BCUT2D eigenvalue weighted by molar-refractivity contribution is -0.119. The highest BCUT2D eigenvalue weighted by atomic mass is 16.1. The fourth-order valence-corrected chi connectivity index (χ4v) is 1.81. The molecule has 0 heterocycles. The van der Waals surface area contributed by atoms with Gasteiger partial charge in [0.25, 0.3) is 0 Å². The molecule has 0 atom stereocenters.